The third-order valence-electron chi connectivity index (χ3n) is 2.25. The van der Waals surface area contributed by atoms with Crippen LogP contribution in [0.3, 0.4) is 0 Å². The summed E-state index contributed by atoms with van der Waals surface area (Å²) >= 11 is 0. The van der Waals surface area contributed by atoms with Crippen LogP contribution in [-0.2, 0) is 6.54 Å². The van der Waals surface area contributed by atoms with Crippen molar-refractivity contribution in [3.63, 3.8) is 0 Å². The molecule has 0 fully saturated rings. The van der Waals surface area contributed by atoms with Gasteiger partial charge in [0, 0.05) is 43.3 Å². The molecule has 0 saturated heterocycles. The van der Waals surface area contributed by atoms with Crippen molar-refractivity contribution in [2.75, 3.05) is 7.05 Å². The summed E-state index contributed by atoms with van der Waals surface area (Å²) in [5, 5.41) is 6.55. The van der Waals surface area contributed by atoms with E-state index in [1.165, 1.54) is 0 Å². The Morgan fingerprint density at radius 3 is 2.81 bits per heavy atom. The number of carbonyl (C=O) groups is 1. The van der Waals surface area contributed by atoms with E-state index >= 15 is 0 Å². The van der Waals surface area contributed by atoms with E-state index in [1.54, 1.807) is 48.9 Å². The van der Waals surface area contributed by atoms with Gasteiger partial charge in [-0.15, -0.1) is 0 Å². The zero-order chi connectivity index (χ0) is 11.4. The molecular formula is C11H12N4O. The number of amides is 1. The lowest BCUT2D eigenvalue weighted by atomic mass is 10.2. The number of hydrogen-bond donors (Lipinski definition) is 1. The van der Waals surface area contributed by atoms with Crippen molar-refractivity contribution < 1.29 is 4.79 Å². The Morgan fingerprint density at radius 2 is 2.19 bits per heavy atom. The van der Waals surface area contributed by atoms with Crippen molar-refractivity contribution in [3.05, 3.63) is 48.0 Å². The van der Waals surface area contributed by atoms with Gasteiger partial charge >= 0.3 is 0 Å². The Labute approximate surface area is 93.1 Å². The molecule has 0 radical (unpaired) electrons. The molecule has 0 aliphatic carbocycles. The first-order valence-corrected chi connectivity index (χ1v) is 4.90. The molecular weight excluding hydrogens is 204 g/mol. The molecule has 0 saturated carbocycles. The number of aromatic nitrogens is 3. The zero-order valence-corrected chi connectivity index (χ0v) is 8.92. The van der Waals surface area contributed by atoms with Gasteiger partial charge in [0.2, 0.25) is 0 Å². The van der Waals surface area contributed by atoms with Crippen LogP contribution >= 0.6 is 0 Å². The van der Waals surface area contributed by atoms with E-state index in [0.717, 1.165) is 5.56 Å². The molecule has 2 heterocycles. The van der Waals surface area contributed by atoms with Crippen LogP contribution in [-0.4, -0.2) is 33.0 Å². The van der Waals surface area contributed by atoms with Crippen molar-refractivity contribution in [1.29, 1.82) is 0 Å². The van der Waals surface area contributed by atoms with Crippen molar-refractivity contribution >= 4 is 5.91 Å². The van der Waals surface area contributed by atoms with Gasteiger partial charge in [-0.1, -0.05) is 0 Å². The van der Waals surface area contributed by atoms with Gasteiger partial charge in [0.25, 0.3) is 5.91 Å². The maximum absolute atomic E-state index is 11.9. The second-order valence-electron chi connectivity index (χ2n) is 3.50. The monoisotopic (exact) mass is 216 g/mol. The van der Waals surface area contributed by atoms with E-state index < -0.39 is 0 Å². The van der Waals surface area contributed by atoms with Crippen LogP contribution in [0.15, 0.2) is 36.9 Å². The molecule has 0 bridgehead atoms. The zero-order valence-electron chi connectivity index (χ0n) is 8.92. The SMILES string of the molecule is CN(Cc1cn[nH]c1)C(=O)c1ccncc1. The second-order valence-corrected chi connectivity index (χ2v) is 3.50. The van der Waals surface area contributed by atoms with Crippen molar-refractivity contribution in [2.24, 2.45) is 0 Å². The van der Waals surface area contributed by atoms with Gasteiger partial charge in [0.05, 0.1) is 6.20 Å². The van der Waals surface area contributed by atoms with Crippen LogP contribution in [0.1, 0.15) is 15.9 Å². The fraction of sp³-hybridized carbons (Fsp3) is 0.182. The molecule has 5 nitrogen and oxygen atoms in total. The van der Waals surface area contributed by atoms with Gasteiger partial charge in [-0.2, -0.15) is 5.10 Å². The minimum Gasteiger partial charge on any atom is -0.337 e. The number of aromatic amines is 1. The molecule has 16 heavy (non-hydrogen) atoms. The van der Waals surface area contributed by atoms with Crippen LogP contribution in [0.4, 0.5) is 0 Å². The van der Waals surface area contributed by atoms with E-state index in [-0.39, 0.29) is 5.91 Å². The van der Waals surface area contributed by atoms with E-state index in [9.17, 15) is 4.79 Å². The minimum absolute atomic E-state index is 0.0244. The average molecular weight is 216 g/mol. The Morgan fingerprint density at radius 1 is 1.44 bits per heavy atom. The van der Waals surface area contributed by atoms with Crippen LogP contribution < -0.4 is 0 Å². The smallest absolute Gasteiger partial charge is 0.254 e. The molecule has 1 N–H and O–H groups in total. The average Bonchev–Trinajstić information content (AvgIpc) is 2.82. The van der Waals surface area contributed by atoms with Gasteiger partial charge in [-0.25, -0.2) is 0 Å². The Kier molecular flexibility index (Phi) is 2.95. The Balaban J connectivity index is 2.05. The third kappa shape index (κ3) is 2.25. The first-order valence-electron chi connectivity index (χ1n) is 4.90. The number of carbonyl (C=O) groups excluding carboxylic acids is 1. The molecule has 5 heteroatoms. The van der Waals surface area contributed by atoms with Crippen molar-refractivity contribution in [2.45, 2.75) is 6.54 Å². The molecule has 1 amide bonds. The summed E-state index contributed by atoms with van der Waals surface area (Å²) < 4.78 is 0. The Bertz CT molecular complexity index is 452. The predicted octanol–water partition coefficient (Wildman–Crippen LogP) is 1.08. The van der Waals surface area contributed by atoms with Gasteiger partial charge in [-0.05, 0) is 12.1 Å². The normalized spacial score (nSPS) is 10.1. The van der Waals surface area contributed by atoms with Crippen LogP contribution in [0, 0.1) is 0 Å². The number of nitrogens with zero attached hydrogens (tertiary/aromatic N) is 3. The van der Waals surface area contributed by atoms with Crippen LogP contribution in [0.25, 0.3) is 0 Å². The second kappa shape index (κ2) is 4.57. The summed E-state index contributed by atoms with van der Waals surface area (Å²) in [5.41, 5.74) is 1.62. The van der Waals surface area contributed by atoms with Crippen molar-refractivity contribution in [1.82, 2.24) is 20.1 Å². The van der Waals surface area contributed by atoms with Crippen LogP contribution in [0.5, 0.6) is 0 Å². The summed E-state index contributed by atoms with van der Waals surface area (Å²) in [4.78, 5) is 17.5. The number of nitrogens with one attached hydrogen (secondary N) is 1. The highest BCUT2D eigenvalue weighted by molar-refractivity contribution is 5.93. The molecule has 0 aliphatic rings. The first kappa shape index (κ1) is 10.4. The standard InChI is InChI=1S/C11H12N4O/c1-15(8-9-6-13-14-7-9)11(16)10-2-4-12-5-3-10/h2-7H,8H2,1H3,(H,13,14). The lowest BCUT2D eigenvalue weighted by molar-refractivity contribution is 0.0785. The molecule has 2 aromatic heterocycles. The lowest BCUT2D eigenvalue weighted by Crippen LogP contribution is -2.25. The maximum Gasteiger partial charge on any atom is 0.254 e. The summed E-state index contributed by atoms with van der Waals surface area (Å²) in [5.74, 6) is -0.0244. The lowest BCUT2D eigenvalue weighted by Gasteiger charge is -2.15. The largest absolute Gasteiger partial charge is 0.337 e. The van der Waals surface area contributed by atoms with Gasteiger partial charge in [0.15, 0.2) is 0 Å². The molecule has 82 valence electrons. The van der Waals surface area contributed by atoms with E-state index in [1.807, 2.05) is 0 Å². The third-order valence-corrected chi connectivity index (χ3v) is 2.25. The minimum atomic E-state index is -0.0244. The molecule has 0 atom stereocenters. The molecule has 2 aromatic rings. The van der Waals surface area contributed by atoms with Crippen LogP contribution in [0.2, 0.25) is 0 Å². The topological polar surface area (TPSA) is 61.9 Å². The number of pyridine rings is 1. The van der Waals surface area contributed by atoms with Gasteiger partial charge in [-0.3, -0.25) is 14.9 Å². The summed E-state index contributed by atoms with van der Waals surface area (Å²) in [6.45, 7) is 0.539. The highest BCUT2D eigenvalue weighted by Crippen LogP contribution is 2.05. The van der Waals surface area contributed by atoms with E-state index in [2.05, 4.69) is 15.2 Å². The number of H-pyrrole nitrogens is 1. The first-order chi connectivity index (χ1) is 7.77. The summed E-state index contributed by atoms with van der Waals surface area (Å²) in [7, 11) is 1.76. The highest BCUT2D eigenvalue weighted by Gasteiger charge is 2.11. The molecule has 0 spiro atoms. The maximum atomic E-state index is 11.9. The number of rotatable bonds is 3. The summed E-state index contributed by atoms with van der Waals surface area (Å²) in [6, 6.07) is 3.41. The van der Waals surface area contributed by atoms with E-state index in [0.29, 0.717) is 12.1 Å². The molecule has 0 aromatic carbocycles. The molecule has 2 rings (SSSR count). The molecule has 0 aliphatic heterocycles. The Hall–Kier alpha value is -2.17. The van der Waals surface area contributed by atoms with E-state index in [4.69, 9.17) is 0 Å². The predicted molar refractivity (Wildman–Crippen MR) is 58.6 cm³/mol. The van der Waals surface area contributed by atoms with Crippen molar-refractivity contribution in [3.8, 4) is 0 Å². The fourth-order valence-corrected chi connectivity index (χ4v) is 1.42. The summed E-state index contributed by atoms with van der Waals surface area (Å²) in [6.07, 6.45) is 6.70. The number of hydrogen-bond acceptors (Lipinski definition) is 3. The highest BCUT2D eigenvalue weighted by atomic mass is 16.2. The van der Waals surface area contributed by atoms with Gasteiger partial charge < -0.3 is 4.90 Å². The molecule has 0 unspecified atom stereocenters. The fourth-order valence-electron chi connectivity index (χ4n) is 1.42. The quantitative estimate of drug-likeness (QED) is 0.835. The van der Waals surface area contributed by atoms with Gasteiger partial charge in [0.1, 0.15) is 0 Å².